The number of rotatable bonds is 5. The first-order valence-electron chi connectivity index (χ1n) is 7.64. The molecule has 24 heavy (non-hydrogen) atoms. The van der Waals surface area contributed by atoms with Crippen LogP contribution in [0.25, 0.3) is 0 Å². The van der Waals surface area contributed by atoms with E-state index in [0.717, 1.165) is 11.1 Å². The molecule has 0 radical (unpaired) electrons. The summed E-state index contributed by atoms with van der Waals surface area (Å²) in [5.74, 6) is -0.293. The van der Waals surface area contributed by atoms with Crippen LogP contribution < -0.4 is 5.73 Å². The summed E-state index contributed by atoms with van der Waals surface area (Å²) in [5.41, 5.74) is 7.55. The van der Waals surface area contributed by atoms with E-state index < -0.39 is 20.6 Å². The minimum absolute atomic E-state index is 0.184. The first kappa shape index (κ1) is 17.4. The molecule has 0 unspecified atom stereocenters. The number of benzene rings is 2. The summed E-state index contributed by atoms with van der Waals surface area (Å²) >= 11 is 5.86. The van der Waals surface area contributed by atoms with Crippen molar-refractivity contribution >= 4 is 21.4 Å². The van der Waals surface area contributed by atoms with E-state index in [2.05, 4.69) is 0 Å². The normalized spacial score (nSPS) is 26.3. The standard InChI is InChI=1S/C18H20ClNO3S/c1-12-3-5-13(6-4-12)16-17(18(16,20)11-23-2)24(21,22)15-9-7-14(19)8-10-15/h3-10,16-17H,11,20H2,1-2H3/t16-,17+,18+/m1/s1. The number of hydrogen-bond donors (Lipinski definition) is 1. The van der Waals surface area contributed by atoms with E-state index in [1.54, 1.807) is 12.1 Å². The third-order valence-electron chi connectivity index (χ3n) is 4.61. The van der Waals surface area contributed by atoms with Crippen molar-refractivity contribution in [2.45, 2.75) is 28.5 Å². The number of ether oxygens (including phenoxy) is 1. The molecule has 0 bridgehead atoms. The smallest absolute Gasteiger partial charge is 0.183 e. The molecule has 0 amide bonds. The highest BCUT2D eigenvalue weighted by molar-refractivity contribution is 7.92. The molecule has 1 aliphatic rings. The van der Waals surface area contributed by atoms with Crippen molar-refractivity contribution in [3.8, 4) is 0 Å². The summed E-state index contributed by atoms with van der Waals surface area (Å²) < 4.78 is 31.4. The molecule has 2 aromatic rings. The van der Waals surface area contributed by atoms with Gasteiger partial charge in [-0.15, -0.1) is 0 Å². The maximum Gasteiger partial charge on any atom is 0.183 e. The molecule has 128 valence electrons. The van der Waals surface area contributed by atoms with Gasteiger partial charge < -0.3 is 10.5 Å². The van der Waals surface area contributed by atoms with Gasteiger partial charge in [-0.3, -0.25) is 0 Å². The molecule has 2 aromatic carbocycles. The van der Waals surface area contributed by atoms with Crippen LogP contribution in [0.5, 0.6) is 0 Å². The minimum atomic E-state index is -3.58. The number of aryl methyl sites for hydroxylation is 1. The Morgan fingerprint density at radius 1 is 1.12 bits per heavy atom. The molecule has 0 aromatic heterocycles. The third kappa shape index (κ3) is 2.86. The Kier molecular flexibility index (Phi) is 4.47. The molecule has 2 N–H and O–H groups in total. The predicted molar refractivity (Wildman–Crippen MR) is 95.1 cm³/mol. The molecule has 0 spiro atoms. The fourth-order valence-corrected chi connectivity index (χ4v) is 5.76. The highest BCUT2D eigenvalue weighted by Crippen LogP contribution is 2.55. The molecule has 1 aliphatic carbocycles. The van der Waals surface area contributed by atoms with Gasteiger partial charge in [0.15, 0.2) is 9.84 Å². The molecule has 3 atom stereocenters. The lowest BCUT2D eigenvalue weighted by Gasteiger charge is -2.11. The van der Waals surface area contributed by atoms with Crippen molar-refractivity contribution in [1.29, 1.82) is 0 Å². The second-order valence-corrected chi connectivity index (χ2v) is 8.86. The van der Waals surface area contributed by atoms with Crippen molar-refractivity contribution in [2.75, 3.05) is 13.7 Å². The Hall–Kier alpha value is -1.40. The van der Waals surface area contributed by atoms with Gasteiger partial charge in [0.25, 0.3) is 0 Å². The summed E-state index contributed by atoms with van der Waals surface area (Å²) in [4.78, 5) is 0.234. The van der Waals surface area contributed by atoms with Gasteiger partial charge in [-0.05, 0) is 36.8 Å². The SMILES string of the molecule is COC[C@]1(N)[C@H](c2ccc(C)cc2)[C@@H]1S(=O)(=O)c1ccc(Cl)cc1. The van der Waals surface area contributed by atoms with Crippen LogP contribution in [0.4, 0.5) is 0 Å². The summed E-state index contributed by atoms with van der Waals surface area (Å²) in [5, 5.41) is -0.218. The van der Waals surface area contributed by atoms with E-state index in [1.807, 2.05) is 31.2 Å². The van der Waals surface area contributed by atoms with Gasteiger partial charge in [0.2, 0.25) is 0 Å². The van der Waals surface area contributed by atoms with Crippen LogP contribution in [0.15, 0.2) is 53.4 Å². The van der Waals surface area contributed by atoms with Gasteiger partial charge in [-0.1, -0.05) is 41.4 Å². The monoisotopic (exact) mass is 365 g/mol. The summed E-state index contributed by atoms with van der Waals surface area (Å²) in [7, 11) is -2.05. The van der Waals surface area contributed by atoms with Gasteiger partial charge in [0, 0.05) is 18.1 Å². The van der Waals surface area contributed by atoms with Gasteiger partial charge in [-0.25, -0.2) is 8.42 Å². The average Bonchev–Trinajstić information content (AvgIpc) is 3.15. The Balaban J connectivity index is 2.01. The molecule has 0 heterocycles. The minimum Gasteiger partial charge on any atom is -0.383 e. The van der Waals surface area contributed by atoms with Gasteiger partial charge in [0.1, 0.15) is 0 Å². The Morgan fingerprint density at radius 2 is 1.71 bits per heavy atom. The lowest BCUT2D eigenvalue weighted by Crippen LogP contribution is -2.35. The second kappa shape index (κ2) is 6.15. The van der Waals surface area contributed by atoms with Gasteiger partial charge in [-0.2, -0.15) is 0 Å². The Bertz CT molecular complexity index is 834. The van der Waals surface area contributed by atoms with E-state index >= 15 is 0 Å². The van der Waals surface area contributed by atoms with Crippen LogP contribution >= 0.6 is 11.6 Å². The first-order valence-corrected chi connectivity index (χ1v) is 9.57. The number of halogens is 1. The van der Waals surface area contributed by atoms with Crippen molar-refractivity contribution in [1.82, 2.24) is 0 Å². The number of sulfone groups is 1. The fraction of sp³-hybridized carbons (Fsp3) is 0.333. The zero-order valence-electron chi connectivity index (χ0n) is 13.6. The molecule has 0 aliphatic heterocycles. The summed E-state index contributed by atoms with van der Waals surface area (Å²) in [6.45, 7) is 2.17. The average molecular weight is 366 g/mol. The lowest BCUT2D eigenvalue weighted by molar-refractivity contribution is 0.171. The van der Waals surface area contributed by atoms with Crippen molar-refractivity contribution < 1.29 is 13.2 Å². The number of nitrogens with two attached hydrogens (primary N) is 1. The number of hydrogen-bond acceptors (Lipinski definition) is 4. The van der Waals surface area contributed by atoms with Gasteiger partial charge in [0.05, 0.1) is 22.3 Å². The molecular formula is C18H20ClNO3S. The topological polar surface area (TPSA) is 69.4 Å². The third-order valence-corrected chi connectivity index (χ3v) is 7.17. The quantitative estimate of drug-likeness (QED) is 0.884. The van der Waals surface area contributed by atoms with Gasteiger partial charge >= 0.3 is 0 Å². The first-order chi connectivity index (χ1) is 11.3. The molecule has 4 nitrogen and oxygen atoms in total. The van der Waals surface area contributed by atoms with Crippen molar-refractivity contribution in [2.24, 2.45) is 5.73 Å². The van der Waals surface area contributed by atoms with Crippen LogP contribution in [-0.4, -0.2) is 32.9 Å². The van der Waals surface area contributed by atoms with E-state index in [-0.39, 0.29) is 17.4 Å². The lowest BCUT2D eigenvalue weighted by atomic mass is 10.1. The highest BCUT2D eigenvalue weighted by Gasteiger charge is 2.69. The largest absolute Gasteiger partial charge is 0.383 e. The Morgan fingerprint density at radius 3 is 2.25 bits per heavy atom. The molecule has 1 saturated carbocycles. The van der Waals surface area contributed by atoms with Crippen LogP contribution in [0.2, 0.25) is 5.02 Å². The van der Waals surface area contributed by atoms with E-state index in [4.69, 9.17) is 22.1 Å². The predicted octanol–water partition coefficient (Wildman–Crippen LogP) is 2.93. The van der Waals surface area contributed by atoms with Crippen molar-refractivity contribution in [3.05, 3.63) is 64.7 Å². The zero-order chi connectivity index (χ0) is 17.5. The van der Waals surface area contributed by atoms with Crippen LogP contribution in [0.3, 0.4) is 0 Å². The second-order valence-electron chi connectivity index (χ2n) is 6.35. The molecule has 0 saturated heterocycles. The van der Waals surface area contributed by atoms with E-state index in [9.17, 15) is 8.42 Å². The summed E-state index contributed by atoms with van der Waals surface area (Å²) in [6, 6.07) is 14.0. The van der Waals surface area contributed by atoms with Crippen LogP contribution in [0, 0.1) is 6.92 Å². The zero-order valence-corrected chi connectivity index (χ0v) is 15.1. The van der Waals surface area contributed by atoms with E-state index in [1.165, 1.54) is 19.2 Å². The molecular weight excluding hydrogens is 346 g/mol. The highest BCUT2D eigenvalue weighted by atomic mass is 35.5. The van der Waals surface area contributed by atoms with Crippen LogP contribution in [-0.2, 0) is 14.6 Å². The maximum absolute atomic E-state index is 13.1. The molecule has 3 rings (SSSR count). The van der Waals surface area contributed by atoms with Crippen LogP contribution in [0.1, 0.15) is 17.0 Å². The van der Waals surface area contributed by atoms with E-state index in [0.29, 0.717) is 5.02 Å². The maximum atomic E-state index is 13.1. The Labute approximate surface area is 147 Å². The molecule has 6 heteroatoms. The fourth-order valence-electron chi connectivity index (χ4n) is 3.34. The summed E-state index contributed by atoms with van der Waals surface area (Å²) in [6.07, 6.45) is 0. The van der Waals surface area contributed by atoms with Crippen molar-refractivity contribution in [3.63, 3.8) is 0 Å². The number of methoxy groups -OCH3 is 1. The molecule has 1 fully saturated rings.